The van der Waals surface area contributed by atoms with Crippen LogP contribution >= 0.6 is 0 Å². The first kappa shape index (κ1) is 16.1. The van der Waals surface area contributed by atoms with E-state index in [1.54, 1.807) is 0 Å². The third-order valence-electron chi connectivity index (χ3n) is 4.81. The SMILES string of the molecule is C=C1C(=O)OC2([C@H](CCC)CCCCCC)C(=O)OC[C@@H]12. The first-order valence-corrected chi connectivity index (χ1v) is 8.17. The Bertz CT molecular complexity index is 429. The van der Waals surface area contributed by atoms with Gasteiger partial charge in [-0.15, -0.1) is 0 Å². The van der Waals surface area contributed by atoms with Crippen molar-refractivity contribution >= 4 is 11.9 Å². The van der Waals surface area contributed by atoms with Crippen LogP contribution in [0.3, 0.4) is 0 Å². The average molecular weight is 294 g/mol. The quantitative estimate of drug-likeness (QED) is 0.391. The van der Waals surface area contributed by atoms with Gasteiger partial charge in [0.2, 0.25) is 5.60 Å². The van der Waals surface area contributed by atoms with Crippen molar-refractivity contribution in [1.29, 1.82) is 0 Å². The molecule has 0 bridgehead atoms. The van der Waals surface area contributed by atoms with Crippen LogP contribution in [0, 0.1) is 11.8 Å². The molecule has 0 radical (unpaired) electrons. The number of hydrogen-bond donors (Lipinski definition) is 0. The van der Waals surface area contributed by atoms with Crippen molar-refractivity contribution in [2.24, 2.45) is 11.8 Å². The van der Waals surface area contributed by atoms with Gasteiger partial charge >= 0.3 is 11.9 Å². The minimum atomic E-state index is -1.09. The van der Waals surface area contributed by atoms with Gasteiger partial charge in [-0.05, 0) is 12.8 Å². The lowest BCUT2D eigenvalue weighted by Gasteiger charge is -2.32. The Labute approximate surface area is 126 Å². The van der Waals surface area contributed by atoms with E-state index in [1.165, 1.54) is 12.8 Å². The maximum atomic E-state index is 12.3. The number of carbonyl (C=O) groups is 2. The molecule has 0 aromatic carbocycles. The highest BCUT2D eigenvalue weighted by atomic mass is 16.6. The summed E-state index contributed by atoms with van der Waals surface area (Å²) in [6.07, 6.45) is 7.33. The second kappa shape index (κ2) is 6.63. The summed E-state index contributed by atoms with van der Waals surface area (Å²) in [5, 5.41) is 0. The highest BCUT2D eigenvalue weighted by molar-refractivity contribution is 5.99. The van der Waals surface area contributed by atoms with E-state index in [2.05, 4.69) is 20.4 Å². The van der Waals surface area contributed by atoms with E-state index < -0.39 is 11.6 Å². The molecule has 2 rings (SSSR count). The van der Waals surface area contributed by atoms with Gasteiger partial charge in [0, 0.05) is 11.5 Å². The maximum absolute atomic E-state index is 12.3. The molecule has 0 amide bonds. The van der Waals surface area contributed by atoms with Crippen molar-refractivity contribution in [3.8, 4) is 0 Å². The standard InChI is InChI=1S/C17H26O4/c1-4-6-7-8-10-13(9-5-2)17-14(11-20-16(17)19)12(3)15(18)21-17/h13-14H,3-11H2,1-2H3/t13-,14+,17?/m1/s1. The molecule has 0 spiro atoms. The van der Waals surface area contributed by atoms with Crippen LogP contribution in [0.4, 0.5) is 0 Å². The molecule has 1 unspecified atom stereocenters. The number of rotatable bonds is 8. The van der Waals surface area contributed by atoms with Crippen LogP contribution < -0.4 is 0 Å². The van der Waals surface area contributed by atoms with Gasteiger partial charge in [-0.1, -0.05) is 52.5 Å². The molecule has 2 saturated heterocycles. The first-order valence-electron chi connectivity index (χ1n) is 8.17. The highest BCUT2D eigenvalue weighted by Crippen LogP contribution is 2.49. The van der Waals surface area contributed by atoms with Crippen LogP contribution in [0.1, 0.15) is 58.8 Å². The average Bonchev–Trinajstić information content (AvgIpc) is 2.91. The minimum absolute atomic E-state index is 0.0440. The van der Waals surface area contributed by atoms with Crippen LogP contribution in [-0.2, 0) is 19.1 Å². The maximum Gasteiger partial charge on any atom is 0.351 e. The summed E-state index contributed by atoms with van der Waals surface area (Å²) in [4.78, 5) is 24.2. The molecule has 2 aliphatic heterocycles. The molecular formula is C17H26O4. The Hall–Kier alpha value is -1.32. The summed E-state index contributed by atoms with van der Waals surface area (Å²) < 4.78 is 10.8. The van der Waals surface area contributed by atoms with Crippen molar-refractivity contribution in [2.45, 2.75) is 64.4 Å². The third kappa shape index (κ3) is 2.72. The zero-order chi connectivity index (χ0) is 15.5. The molecule has 4 nitrogen and oxygen atoms in total. The summed E-state index contributed by atoms with van der Waals surface area (Å²) in [6, 6.07) is 0. The smallest absolute Gasteiger partial charge is 0.351 e. The third-order valence-corrected chi connectivity index (χ3v) is 4.81. The van der Waals surface area contributed by atoms with Crippen LogP contribution in [-0.4, -0.2) is 24.1 Å². The van der Waals surface area contributed by atoms with Gasteiger partial charge in [-0.25, -0.2) is 9.59 Å². The number of fused-ring (bicyclic) bond motifs is 1. The second-order valence-corrected chi connectivity index (χ2v) is 6.19. The lowest BCUT2D eigenvalue weighted by atomic mass is 9.73. The fourth-order valence-corrected chi connectivity index (χ4v) is 3.64. The van der Waals surface area contributed by atoms with E-state index in [0.29, 0.717) is 5.57 Å². The molecule has 0 saturated carbocycles. The highest BCUT2D eigenvalue weighted by Gasteiger charge is 2.65. The Balaban J connectivity index is 2.17. The summed E-state index contributed by atoms with van der Waals surface area (Å²) in [5.74, 6) is -1.04. The van der Waals surface area contributed by atoms with Crippen molar-refractivity contribution in [1.82, 2.24) is 0 Å². The number of carbonyl (C=O) groups excluding carboxylic acids is 2. The largest absolute Gasteiger partial charge is 0.462 e. The Kier molecular flexibility index (Phi) is 5.07. The minimum Gasteiger partial charge on any atom is -0.462 e. The van der Waals surface area contributed by atoms with Gasteiger partial charge in [0.05, 0.1) is 5.92 Å². The molecule has 2 fully saturated rings. The normalized spacial score (nSPS) is 29.2. The summed E-state index contributed by atoms with van der Waals surface area (Å²) in [5.41, 5.74) is -0.688. The van der Waals surface area contributed by atoms with Crippen LogP contribution in [0.5, 0.6) is 0 Å². The molecule has 3 atom stereocenters. The molecule has 2 aliphatic rings. The molecule has 21 heavy (non-hydrogen) atoms. The Morgan fingerprint density at radius 3 is 2.62 bits per heavy atom. The number of ether oxygens (including phenoxy) is 2. The summed E-state index contributed by atoms with van der Waals surface area (Å²) >= 11 is 0. The van der Waals surface area contributed by atoms with Crippen molar-refractivity contribution in [3.63, 3.8) is 0 Å². The summed E-state index contributed by atoms with van der Waals surface area (Å²) in [6.45, 7) is 8.31. The van der Waals surface area contributed by atoms with E-state index in [0.717, 1.165) is 32.1 Å². The van der Waals surface area contributed by atoms with E-state index in [9.17, 15) is 9.59 Å². The summed E-state index contributed by atoms with van der Waals surface area (Å²) in [7, 11) is 0. The fourth-order valence-electron chi connectivity index (χ4n) is 3.64. The molecule has 4 heteroatoms. The van der Waals surface area contributed by atoms with Crippen LogP contribution in [0.25, 0.3) is 0 Å². The molecule has 0 aromatic rings. The Morgan fingerprint density at radius 2 is 1.95 bits per heavy atom. The lowest BCUT2D eigenvalue weighted by Crippen LogP contribution is -2.47. The monoisotopic (exact) mass is 294 g/mol. The fraction of sp³-hybridized carbons (Fsp3) is 0.765. The van der Waals surface area contributed by atoms with E-state index in [4.69, 9.17) is 9.47 Å². The first-order chi connectivity index (χ1) is 10.1. The van der Waals surface area contributed by atoms with Crippen molar-refractivity contribution in [3.05, 3.63) is 12.2 Å². The topological polar surface area (TPSA) is 52.6 Å². The van der Waals surface area contributed by atoms with Gasteiger partial charge < -0.3 is 9.47 Å². The molecule has 0 aliphatic carbocycles. The van der Waals surface area contributed by atoms with Gasteiger partial charge in [-0.3, -0.25) is 0 Å². The lowest BCUT2D eigenvalue weighted by molar-refractivity contribution is -0.172. The second-order valence-electron chi connectivity index (χ2n) is 6.19. The van der Waals surface area contributed by atoms with Crippen molar-refractivity contribution < 1.29 is 19.1 Å². The van der Waals surface area contributed by atoms with Crippen LogP contribution in [0.2, 0.25) is 0 Å². The number of hydrogen-bond acceptors (Lipinski definition) is 4. The molecular weight excluding hydrogens is 268 g/mol. The van der Waals surface area contributed by atoms with Crippen LogP contribution in [0.15, 0.2) is 12.2 Å². The molecule has 0 N–H and O–H groups in total. The Morgan fingerprint density at radius 1 is 1.19 bits per heavy atom. The predicted octanol–water partition coefficient (Wildman–Crippen LogP) is 3.40. The van der Waals surface area contributed by atoms with Gasteiger partial charge in [0.1, 0.15) is 6.61 Å². The molecule has 118 valence electrons. The van der Waals surface area contributed by atoms with Gasteiger partial charge in [0.15, 0.2) is 0 Å². The van der Waals surface area contributed by atoms with E-state index in [-0.39, 0.29) is 24.4 Å². The number of esters is 2. The van der Waals surface area contributed by atoms with Crippen molar-refractivity contribution in [2.75, 3.05) is 6.61 Å². The number of unbranched alkanes of at least 4 members (excludes halogenated alkanes) is 3. The molecule has 2 heterocycles. The van der Waals surface area contributed by atoms with Gasteiger partial charge in [-0.2, -0.15) is 0 Å². The zero-order valence-electron chi connectivity index (χ0n) is 13.2. The van der Waals surface area contributed by atoms with Gasteiger partial charge in [0.25, 0.3) is 0 Å². The molecule has 0 aromatic heterocycles. The van der Waals surface area contributed by atoms with E-state index >= 15 is 0 Å². The number of cyclic esters (lactones) is 1. The predicted molar refractivity (Wildman–Crippen MR) is 79.6 cm³/mol. The van der Waals surface area contributed by atoms with E-state index in [1.807, 2.05) is 0 Å². The zero-order valence-corrected chi connectivity index (χ0v) is 13.2.